The molecule has 2 unspecified atom stereocenters. The fourth-order valence-corrected chi connectivity index (χ4v) is 3.52. The molecule has 1 N–H and O–H groups in total. The molecule has 1 saturated carbocycles. The van der Waals surface area contributed by atoms with Gasteiger partial charge < -0.3 is 15.0 Å². The van der Waals surface area contributed by atoms with Gasteiger partial charge in [-0.05, 0) is 52.4 Å². The maximum atomic E-state index is 11.9. The van der Waals surface area contributed by atoms with Crippen LogP contribution in [0.5, 0.6) is 0 Å². The molecule has 5 nitrogen and oxygen atoms in total. The first-order valence-corrected chi connectivity index (χ1v) is 8.64. The lowest BCUT2D eigenvalue weighted by Gasteiger charge is -2.22. The Labute approximate surface area is 134 Å². The van der Waals surface area contributed by atoms with Crippen LogP contribution in [0.2, 0.25) is 0 Å². The van der Waals surface area contributed by atoms with Crippen LogP contribution in [0.1, 0.15) is 53.4 Å². The Morgan fingerprint density at radius 3 is 2.32 bits per heavy atom. The zero-order valence-electron chi connectivity index (χ0n) is 14.5. The smallest absolute Gasteiger partial charge is 0.328 e. The van der Waals surface area contributed by atoms with E-state index in [-0.39, 0.29) is 12.5 Å². The zero-order chi connectivity index (χ0) is 16.2. The second kappa shape index (κ2) is 7.34. The quantitative estimate of drug-likeness (QED) is 0.494. The summed E-state index contributed by atoms with van der Waals surface area (Å²) < 4.78 is 5.33. The number of likely N-dealkylation sites (tertiary alicyclic amines) is 1. The van der Waals surface area contributed by atoms with E-state index in [1.54, 1.807) is 0 Å². The third-order valence-corrected chi connectivity index (χ3v) is 4.39. The molecule has 22 heavy (non-hydrogen) atoms. The second-order valence-electron chi connectivity index (χ2n) is 7.47. The highest BCUT2D eigenvalue weighted by Crippen LogP contribution is 2.35. The molecule has 0 aromatic heterocycles. The molecule has 2 aliphatic rings. The maximum Gasteiger partial charge on any atom is 0.328 e. The number of ether oxygens (including phenoxy) is 1. The van der Waals surface area contributed by atoms with Gasteiger partial charge >= 0.3 is 5.97 Å². The van der Waals surface area contributed by atoms with E-state index >= 15 is 0 Å². The van der Waals surface area contributed by atoms with Crippen molar-refractivity contribution in [3.8, 4) is 0 Å². The molecule has 1 aliphatic carbocycles. The van der Waals surface area contributed by atoms with E-state index in [4.69, 9.17) is 4.74 Å². The predicted molar refractivity (Wildman–Crippen MR) is 88.8 cm³/mol. The summed E-state index contributed by atoms with van der Waals surface area (Å²) in [4.78, 5) is 18.7. The lowest BCUT2D eigenvalue weighted by Crippen LogP contribution is -2.41. The molecule has 0 spiro atoms. The number of guanidine groups is 1. The number of carbonyl (C=O) groups is 1. The van der Waals surface area contributed by atoms with Crippen molar-refractivity contribution in [1.29, 1.82) is 0 Å². The van der Waals surface area contributed by atoms with Crippen LogP contribution in [0.25, 0.3) is 0 Å². The molecule has 2 fully saturated rings. The molecule has 0 amide bonds. The number of hydrogen-bond donors (Lipinski definition) is 1. The minimum Gasteiger partial charge on any atom is -0.459 e. The molecule has 126 valence electrons. The molecule has 0 bridgehead atoms. The summed E-state index contributed by atoms with van der Waals surface area (Å²) in [6, 6.07) is 0. The Balaban J connectivity index is 1.94. The number of hydrogen-bond acceptors (Lipinski definition) is 3. The van der Waals surface area contributed by atoms with Gasteiger partial charge in [-0.2, -0.15) is 0 Å². The summed E-state index contributed by atoms with van der Waals surface area (Å²) in [6.45, 7) is 10.8. The monoisotopic (exact) mass is 309 g/mol. The number of fused-ring (bicyclic) bond motifs is 1. The van der Waals surface area contributed by atoms with Crippen molar-refractivity contribution >= 4 is 11.9 Å². The van der Waals surface area contributed by atoms with E-state index in [9.17, 15) is 4.79 Å². The van der Waals surface area contributed by atoms with Crippen LogP contribution >= 0.6 is 0 Å². The number of carbonyl (C=O) groups excluding carboxylic acids is 1. The molecule has 1 heterocycles. The molecule has 0 aromatic carbocycles. The van der Waals surface area contributed by atoms with E-state index in [0.29, 0.717) is 0 Å². The molecule has 1 aliphatic heterocycles. The van der Waals surface area contributed by atoms with Gasteiger partial charge in [-0.25, -0.2) is 4.99 Å². The van der Waals surface area contributed by atoms with Crippen molar-refractivity contribution in [2.75, 3.05) is 26.2 Å². The first kappa shape index (κ1) is 17.1. The lowest BCUT2D eigenvalue weighted by molar-refractivity contribution is -0.152. The highest BCUT2D eigenvalue weighted by molar-refractivity contribution is 5.83. The summed E-state index contributed by atoms with van der Waals surface area (Å²) in [5.74, 6) is 2.21. The van der Waals surface area contributed by atoms with Crippen molar-refractivity contribution in [3.63, 3.8) is 0 Å². The van der Waals surface area contributed by atoms with Gasteiger partial charge in [0.2, 0.25) is 0 Å². The van der Waals surface area contributed by atoms with Crippen molar-refractivity contribution in [3.05, 3.63) is 0 Å². The molecule has 1 saturated heterocycles. The largest absolute Gasteiger partial charge is 0.459 e. The van der Waals surface area contributed by atoms with Crippen molar-refractivity contribution in [2.45, 2.75) is 59.0 Å². The van der Waals surface area contributed by atoms with Crippen LogP contribution in [0, 0.1) is 11.8 Å². The Morgan fingerprint density at radius 2 is 1.82 bits per heavy atom. The van der Waals surface area contributed by atoms with Crippen LogP contribution in [0.4, 0.5) is 0 Å². The Hall–Kier alpha value is -1.26. The Bertz CT molecular complexity index is 401. The van der Waals surface area contributed by atoms with Gasteiger partial charge in [-0.1, -0.05) is 12.8 Å². The summed E-state index contributed by atoms with van der Waals surface area (Å²) >= 11 is 0. The van der Waals surface area contributed by atoms with Gasteiger partial charge in [0, 0.05) is 19.6 Å². The molecule has 5 heteroatoms. The number of nitrogens with one attached hydrogen (secondary N) is 1. The Kier molecular flexibility index (Phi) is 5.70. The average Bonchev–Trinajstić information content (AvgIpc) is 2.85. The lowest BCUT2D eigenvalue weighted by atomic mass is 9.82. The fourth-order valence-electron chi connectivity index (χ4n) is 3.52. The minimum atomic E-state index is -0.451. The summed E-state index contributed by atoms with van der Waals surface area (Å²) in [5, 5.41) is 3.32. The summed E-state index contributed by atoms with van der Waals surface area (Å²) in [5.41, 5.74) is -0.451. The minimum absolute atomic E-state index is 0.0887. The summed E-state index contributed by atoms with van der Waals surface area (Å²) in [6.07, 6.45) is 5.40. The van der Waals surface area contributed by atoms with Gasteiger partial charge in [0.15, 0.2) is 5.96 Å². The average molecular weight is 309 g/mol. The van der Waals surface area contributed by atoms with Crippen LogP contribution < -0.4 is 5.32 Å². The first-order valence-electron chi connectivity index (χ1n) is 8.64. The molecule has 0 aromatic rings. The SMILES string of the molecule is CCNC(=NCC(=O)OC(C)(C)C)N1CC2CCCCC2C1. The van der Waals surface area contributed by atoms with E-state index in [2.05, 4.69) is 22.1 Å². The first-order chi connectivity index (χ1) is 10.4. The van der Waals surface area contributed by atoms with E-state index < -0.39 is 5.60 Å². The van der Waals surface area contributed by atoms with Gasteiger partial charge in [0.25, 0.3) is 0 Å². The standard InChI is InChI=1S/C17H31N3O2/c1-5-18-16(19-10-15(21)22-17(2,3)4)20-11-13-8-6-7-9-14(13)12-20/h13-14H,5-12H2,1-4H3,(H,18,19). The Morgan fingerprint density at radius 1 is 1.23 bits per heavy atom. The van der Waals surface area contributed by atoms with Gasteiger partial charge in [0.1, 0.15) is 12.1 Å². The third kappa shape index (κ3) is 4.89. The number of rotatable bonds is 3. The molecular weight excluding hydrogens is 278 g/mol. The van der Waals surface area contributed by atoms with Crippen molar-refractivity contribution in [2.24, 2.45) is 16.8 Å². The van der Waals surface area contributed by atoms with Gasteiger partial charge in [0.05, 0.1) is 0 Å². The molecular formula is C17H31N3O2. The van der Waals surface area contributed by atoms with Crippen LogP contribution in [-0.2, 0) is 9.53 Å². The second-order valence-corrected chi connectivity index (χ2v) is 7.47. The third-order valence-electron chi connectivity index (χ3n) is 4.39. The van der Waals surface area contributed by atoms with E-state index in [1.165, 1.54) is 25.7 Å². The molecule has 0 radical (unpaired) electrons. The van der Waals surface area contributed by atoms with E-state index in [1.807, 2.05) is 20.8 Å². The topological polar surface area (TPSA) is 53.9 Å². The predicted octanol–water partition coefficient (Wildman–Crippen LogP) is 2.42. The number of aliphatic imine (C=N–C) groups is 1. The molecule has 2 atom stereocenters. The maximum absolute atomic E-state index is 11.9. The molecule has 2 rings (SSSR count). The zero-order valence-corrected chi connectivity index (χ0v) is 14.5. The number of esters is 1. The highest BCUT2D eigenvalue weighted by atomic mass is 16.6. The normalized spacial score (nSPS) is 25.8. The number of nitrogens with zero attached hydrogens (tertiary/aromatic N) is 2. The van der Waals surface area contributed by atoms with Gasteiger partial charge in [-0.3, -0.25) is 4.79 Å². The van der Waals surface area contributed by atoms with Crippen LogP contribution in [0.15, 0.2) is 4.99 Å². The summed E-state index contributed by atoms with van der Waals surface area (Å²) in [7, 11) is 0. The van der Waals surface area contributed by atoms with Crippen LogP contribution in [0.3, 0.4) is 0 Å². The highest BCUT2D eigenvalue weighted by Gasteiger charge is 2.35. The van der Waals surface area contributed by atoms with Crippen molar-refractivity contribution < 1.29 is 9.53 Å². The van der Waals surface area contributed by atoms with Crippen LogP contribution in [-0.4, -0.2) is 48.6 Å². The van der Waals surface area contributed by atoms with Crippen molar-refractivity contribution in [1.82, 2.24) is 10.2 Å². The fraction of sp³-hybridized carbons (Fsp3) is 0.882. The van der Waals surface area contributed by atoms with Gasteiger partial charge in [-0.15, -0.1) is 0 Å². The van der Waals surface area contributed by atoms with E-state index in [0.717, 1.165) is 37.4 Å².